The number of methoxy groups -OCH3 is 1. The van der Waals surface area contributed by atoms with E-state index in [9.17, 15) is 4.79 Å². The molecule has 2 N–H and O–H groups in total. The molecular formula is C28H38N4O4. The van der Waals surface area contributed by atoms with Crippen molar-refractivity contribution < 1.29 is 19.0 Å². The van der Waals surface area contributed by atoms with E-state index in [2.05, 4.69) is 41.3 Å². The van der Waals surface area contributed by atoms with E-state index < -0.39 is 0 Å². The van der Waals surface area contributed by atoms with Crippen molar-refractivity contribution >= 4 is 22.6 Å². The van der Waals surface area contributed by atoms with Crippen molar-refractivity contribution in [2.45, 2.75) is 33.6 Å². The maximum atomic E-state index is 12.1. The zero-order chi connectivity index (χ0) is 26.1. The molecule has 8 heteroatoms. The number of amides is 2. The van der Waals surface area contributed by atoms with Gasteiger partial charge in [-0.25, -0.2) is 4.79 Å². The molecule has 0 bridgehead atoms. The van der Waals surface area contributed by atoms with Gasteiger partial charge in [-0.2, -0.15) is 0 Å². The fourth-order valence-electron chi connectivity index (χ4n) is 3.51. The van der Waals surface area contributed by atoms with Crippen LogP contribution in [0.1, 0.15) is 33.6 Å². The van der Waals surface area contributed by atoms with Crippen LogP contribution in [0, 0.1) is 5.41 Å². The summed E-state index contributed by atoms with van der Waals surface area (Å²) in [5.41, 5.74) is 1.61. The van der Waals surface area contributed by atoms with Crippen LogP contribution in [0.4, 0.5) is 10.5 Å². The molecule has 0 unspecified atom stereocenters. The lowest BCUT2D eigenvalue weighted by molar-refractivity contribution is 0.250. The van der Waals surface area contributed by atoms with Gasteiger partial charge in [0.2, 0.25) is 0 Å². The van der Waals surface area contributed by atoms with E-state index in [0.29, 0.717) is 41.8 Å². The fourth-order valence-corrected chi connectivity index (χ4v) is 3.51. The lowest BCUT2D eigenvalue weighted by Gasteiger charge is -2.18. The number of hydrogen-bond acceptors (Lipinski definition) is 6. The topological polar surface area (TPSA) is 85.0 Å². The zero-order valence-electron chi connectivity index (χ0n) is 22.2. The van der Waals surface area contributed by atoms with Crippen LogP contribution in [-0.4, -0.2) is 56.8 Å². The number of aromatic nitrogens is 1. The predicted octanol–water partition coefficient (Wildman–Crippen LogP) is 5.92. The molecule has 3 rings (SSSR count). The summed E-state index contributed by atoms with van der Waals surface area (Å²) in [6.07, 6.45) is 3.51. The first-order chi connectivity index (χ1) is 17.1. The highest BCUT2D eigenvalue weighted by molar-refractivity contribution is 5.89. The van der Waals surface area contributed by atoms with Crippen molar-refractivity contribution in [3.63, 3.8) is 0 Å². The number of pyridine rings is 1. The minimum absolute atomic E-state index is 0.174. The summed E-state index contributed by atoms with van der Waals surface area (Å²) in [7, 11) is 5.70. The fraction of sp³-hybridized carbons (Fsp3) is 0.429. The Morgan fingerprint density at radius 3 is 2.44 bits per heavy atom. The molecule has 2 aromatic carbocycles. The normalized spacial score (nSPS) is 11.4. The Hall–Kier alpha value is -3.52. The van der Waals surface area contributed by atoms with Crippen molar-refractivity contribution in [2.24, 2.45) is 5.41 Å². The average molecular weight is 495 g/mol. The van der Waals surface area contributed by atoms with Crippen LogP contribution in [0.3, 0.4) is 0 Å². The van der Waals surface area contributed by atoms with Gasteiger partial charge in [0.15, 0.2) is 11.5 Å². The van der Waals surface area contributed by atoms with Crippen LogP contribution in [-0.2, 0) is 0 Å². The van der Waals surface area contributed by atoms with Crippen LogP contribution in [0.15, 0.2) is 48.7 Å². The van der Waals surface area contributed by atoms with Crippen molar-refractivity contribution in [1.82, 2.24) is 15.2 Å². The molecule has 0 atom stereocenters. The van der Waals surface area contributed by atoms with Gasteiger partial charge < -0.3 is 29.7 Å². The Kier molecular flexibility index (Phi) is 9.36. The molecule has 0 fully saturated rings. The summed E-state index contributed by atoms with van der Waals surface area (Å²) < 4.78 is 17.7. The minimum Gasteiger partial charge on any atom is -0.493 e. The molecule has 194 valence electrons. The lowest BCUT2D eigenvalue weighted by Crippen LogP contribution is -2.31. The lowest BCUT2D eigenvalue weighted by atomic mass is 9.92. The number of ether oxygens (including phenoxy) is 3. The molecule has 1 aromatic heterocycles. The second kappa shape index (κ2) is 12.4. The number of rotatable bonds is 11. The van der Waals surface area contributed by atoms with E-state index in [1.807, 2.05) is 56.6 Å². The van der Waals surface area contributed by atoms with Gasteiger partial charge >= 0.3 is 6.03 Å². The molecule has 0 spiro atoms. The monoisotopic (exact) mass is 494 g/mol. The molecule has 0 aliphatic rings. The van der Waals surface area contributed by atoms with Crippen molar-refractivity contribution in [1.29, 1.82) is 0 Å². The first-order valence-corrected chi connectivity index (χ1v) is 12.2. The number of carbonyl (C=O) groups excluding carboxylic acids is 1. The number of carbonyl (C=O) groups is 1. The molecule has 8 nitrogen and oxygen atoms in total. The second-order valence-electron chi connectivity index (χ2n) is 10.2. The van der Waals surface area contributed by atoms with Gasteiger partial charge in [0.25, 0.3) is 0 Å². The molecule has 0 radical (unpaired) electrons. The number of nitrogens with zero attached hydrogens (tertiary/aromatic N) is 2. The molecule has 0 aliphatic heterocycles. The molecule has 0 saturated carbocycles. The Morgan fingerprint density at radius 2 is 1.78 bits per heavy atom. The highest BCUT2D eigenvalue weighted by Gasteiger charge is 2.13. The summed E-state index contributed by atoms with van der Waals surface area (Å²) in [5, 5.41) is 6.56. The van der Waals surface area contributed by atoms with Gasteiger partial charge in [0.1, 0.15) is 11.5 Å². The third kappa shape index (κ3) is 8.30. The molecule has 2 amide bonds. The molecule has 3 aromatic rings. The maximum Gasteiger partial charge on any atom is 0.319 e. The van der Waals surface area contributed by atoms with E-state index in [0.717, 1.165) is 30.3 Å². The Balaban J connectivity index is 1.68. The number of nitrogens with one attached hydrogen (secondary N) is 2. The number of anilines is 1. The number of urea groups is 1. The number of hydrogen-bond donors (Lipinski definition) is 2. The highest BCUT2D eigenvalue weighted by atomic mass is 16.5. The van der Waals surface area contributed by atoms with Crippen LogP contribution in [0.2, 0.25) is 0 Å². The third-order valence-electron chi connectivity index (χ3n) is 5.49. The van der Waals surface area contributed by atoms with E-state index in [1.54, 1.807) is 13.3 Å². The van der Waals surface area contributed by atoms with Gasteiger partial charge in [0.05, 0.1) is 19.2 Å². The Bertz CT molecular complexity index is 1140. The maximum absolute atomic E-state index is 12.1. The van der Waals surface area contributed by atoms with Crippen LogP contribution in [0.25, 0.3) is 10.9 Å². The van der Waals surface area contributed by atoms with Crippen LogP contribution >= 0.6 is 0 Å². The van der Waals surface area contributed by atoms with Crippen molar-refractivity contribution in [3.8, 4) is 23.0 Å². The first kappa shape index (κ1) is 27.1. The van der Waals surface area contributed by atoms with Gasteiger partial charge in [-0.3, -0.25) is 4.98 Å². The largest absolute Gasteiger partial charge is 0.493 e. The molecule has 36 heavy (non-hydrogen) atoms. The van der Waals surface area contributed by atoms with Crippen molar-refractivity contribution in [3.05, 3.63) is 48.7 Å². The quantitative estimate of drug-likeness (QED) is 0.322. The Morgan fingerprint density at radius 1 is 1.03 bits per heavy atom. The van der Waals surface area contributed by atoms with Gasteiger partial charge in [-0.05, 0) is 68.8 Å². The highest BCUT2D eigenvalue weighted by Crippen LogP contribution is 2.37. The van der Waals surface area contributed by atoms with Crippen LogP contribution < -0.4 is 24.8 Å². The molecule has 1 heterocycles. The SMILES string of the molecule is COc1cc2nccc(Oc3ccc(NC(=O)NCCC(C)(C)C)cc3)c2cc1OCCCN(C)C. The average Bonchev–Trinajstić information content (AvgIpc) is 2.82. The first-order valence-electron chi connectivity index (χ1n) is 12.2. The summed E-state index contributed by atoms with van der Waals surface area (Å²) in [4.78, 5) is 18.7. The summed E-state index contributed by atoms with van der Waals surface area (Å²) in [6, 6.07) is 12.6. The summed E-state index contributed by atoms with van der Waals surface area (Å²) >= 11 is 0. The van der Waals surface area contributed by atoms with E-state index >= 15 is 0 Å². The minimum atomic E-state index is -0.222. The summed E-state index contributed by atoms with van der Waals surface area (Å²) in [6.45, 7) is 8.58. The van der Waals surface area contributed by atoms with Gasteiger partial charge in [0, 0.05) is 36.4 Å². The van der Waals surface area contributed by atoms with Crippen molar-refractivity contribution in [2.75, 3.05) is 46.2 Å². The van der Waals surface area contributed by atoms with E-state index in [4.69, 9.17) is 14.2 Å². The van der Waals surface area contributed by atoms with E-state index in [1.165, 1.54) is 0 Å². The Labute approximate surface area is 213 Å². The standard InChI is InChI=1S/C28H38N4O4/c1-28(2,3)13-15-30-27(33)31-20-8-10-21(11-9-20)36-24-12-14-29-23-19-25(34-6)26(18-22(23)24)35-17-7-16-32(4)5/h8-12,14,18-19H,7,13,15-17H2,1-6H3,(H2,30,31,33). The molecule has 0 aliphatic carbocycles. The molecule has 0 saturated heterocycles. The molecular weight excluding hydrogens is 456 g/mol. The number of fused-ring (bicyclic) bond motifs is 1. The summed E-state index contributed by atoms with van der Waals surface area (Å²) in [5.74, 6) is 2.58. The number of benzene rings is 2. The van der Waals surface area contributed by atoms with Gasteiger partial charge in [-0.1, -0.05) is 20.8 Å². The third-order valence-corrected chi connectivity index (χ3v) is 5.49. The van der Waals surface area contributed by atoms with Gasteiger partial charge in [-0.15, -0.1) is 0 Å². The predicted molar refractivity (Wildman–Crippen MR) is 145 cm³/mol. The zero-order valence-corrected chi connectivity index (χ0v) is 22.2. The second-order valence-corrected chi connectivity index (χ2v) is 10.2. The van der Waals surface area contributed by atoms with E-state index in [-0.39, 0.29) is 11.4 Å². The van der Waals surface area contributed by atoms with Crippen LogP contribution in [0.5, 0.6) is 23.0 Å². The smallest absolute Gasteiger partial charge is 0.319 e.